The Hall–Kier alpha value is -0.810. The molecule has 3 N–H and O–H groups in total. The zero-order valence-electron chi connectivity index (χ0n) is 10.3. The predicted octanol–water partition coefficient (Wildman–Crippen LogP) is -0.00590. The molecule has 0 radical (unpaired) electrons. The molecule has 5 heteroatoms. The van der Waals surface area contributed by atoms with Gasteiger partial charge >= 0.3 is 0 Å². The van der Waals surface area contributed by atoms with Gasteiger partial charge in [0.1, 0.15) is 0 Å². The predicted molar refractivity (Wildman–Crippen MR) is 66.1 cm³/mol. The van der Waals surface area contributed by atoms with E-state index in [0.717, 1.165) is 19.0 Å². The van der Waals surface area contributed by atoms with Crippen LogP contribution in [-0.4, -0.2) is 55.0 Å². The number of likely N-dealkylation sites (tertiary alicyclic amines) is 1. The van der Waals surface area contributed by atoms with Gasteiger partial charge in [-0.1, -0.05) is 0 Å². The molecular formula is C11H23N5. The summed E-state index contributed by atoms with van der Waals surface area (Å²) in [6.45, 7) is 2.10. The smallest absolute Gasteiger partial charge is 0.208 e. The van der Waals surface area contributed by atoms with Crippen molar-refractivity contribution in [2.75, 3.05) is 27.2 Å². The largest absolute Gasteiger partial charge is 0.340 e. The third-order valence-electron chi connectivity index (χ3n) is 3.41. The molecule has 1 unspecified atom stereocenters. The molecule has 1 aliphatic heterocycles. The Morgan fingerprint density at radius 1 is 1.38 bits per heavy atom. The van der Waals surface area contributed by atoms with E-state index < -0.39 is 0 Å². The quantitative estimate of drug-likeness (QED) is 0.300. The zero-order valence-corrected chi connectivity index (χ0v) is 10.3. The molecular weight excluding hydrogens is 202 g/mol. The summed E-state index contributed by atoms with van der Waals surface area (Å²) in [4.78, 5) is 9.19. The second-order valence-electron chi connectivity index (χ2n) is 5.03. The Morgan fingerprint density at radius 3 is 2.69 bits per heavy atom. The Bertz CT molecular complexity index is 259. The van der Waals surface area contributed by atoms with Crippen molar-refractivity contribution in [1.82, 2.24) is 15.2 Å². The van der Waals surface area contributed by atoms with Crippen molar-refractivity contribution in [1.29, 1.82) is 0 Å². The maximum Gasteiger partial charge on any atom is 0.208 e. The summed E-state index contributed by atoms with van der Waals surface area (Å²) in [6.07, 6.45) is 4.92. The highest BCUT2D eigenvalue weighted by Gasteiger charge is 2.26. The van der Waals surface area contributed by atoms with Crippen LogP contribution in [0.25, 0.3) is 0 Å². The van der Waals surface area contributed by atoms with Gasteiger partial charge in [0.05, 0.1) is 6.04 Å². The van der Waals surface area contributed by atoms with E-state index in [4.69, 9.17) is 5.84 Å². The number of rotatable bonds is 2. The van der Waals surface area contributed by atoms with Crippen LogP contribution in [0.5, 0.6) is 0 Å². The third-order valence-corrected chi connectivity index (χ3v) is 3.41. The third kappa shape index (κ3) is 2.86. The van der Waals surface area contributed by atoms with Gasteiger partial charge in [0.2, 0.25) is 5.96 Å². The Labute approximate surface area is 97.7 Å². The molecule has 0 amide bonds. The number of piperidine rings is 1. The standard InChI is InChI=1S/C11H23N5/c1-15(2)10-4-3-7-16(8-10)11(14-12)13-9-5-6-9/h9-10H,3-8,12H2,1-2H3,(H,13,14). The van der Waals surface area contributed by atoms with Crippen LogP contribution in [0.15, 0.2) is 4.99 Å². The van der Waals surface area contributed by atoms with Crippen LogP contribution in [0.1, 0.15) is 25.7 Å². The lowest BCUT2D eigenvalue weighted by atomic mass is 10.1. The van der Waals surface area contributed by atoms with Gasteiger partial charge in [-0.2, -0.15) is 0 Å². The van der Waals surface area contributed by atoms with Gasteiger partial charge in [0.15, 0.2) is 0 Å². The topological polar surface area (TPSA) is 56.9 Å². The fraction of sp³-hybridized carbons (Fsp3) is 0.909. The number of nitrogens with two attached hydrogens (primary N) is 1. The maximum atomic E-state index is 5.57. The first kappa shape index (κ1) is 11.7. The molecule has 0 spiro atoms. The van der Waals surface area contributed by atoms with E-state index in [1.165, 1.54) is 25.7 Å². The van der Waals surface area contributed by atoms with Gasteiger partial charge in [-0.3, -0.25) is 5.43 Å². The van der Waals surface area contributed by atoms with Crippen molar-refractivity contribution in [2.24, 2.45) is 10.8 Å². The average Bonchev–Trinajstić information content (AvgIpc) is 3.10. The SMILES string of the molecule is CN(C)C1CCCN(C(=NC2CC2)NN)C1. The zero-order chi connectivity index (χ0) is 11.5. The molecule has 1 heterocycles. The van der Waals surface area contributed by atoms with Crippen LogP contribution in [0.2, 0.25) is 0 Å². The molecule has 1 saturated carbocycles. The lowest BCUT2D eigenvalue weighted by Gasteiger charge is -2.37. The second-order valence-corrected chi connectivity index (χ2v) is 5.03. The number of hydrogen-bond acceptors (Lipinski definition) is 3. The highest BCUT2D eigenvalue weighted by molar-refractivity contribution is 5.79. The van der Waals surface area contributed by atoms with E-state index in [0.29, 0.717) is 12.1 Å². The van der Waals surface area contributed by atoms with Crippen molar-refractivity contribution in [2.45, 2.75) is 37.8 Å². The van der Waals surface area contributed by atoms with E-state index in [-0.39, 0.29) is 0 Å². The molecule has 2 rings (SSSR count). The first-order valence-corrected chi connectivity index (χ1v) is 6.16. The van der Waals surface area contributed by atoms with Crippen molar-refractivity contribution >= 4 is 5.96 Å². The van der Waals surface area contributed by atoms with Gasteiger partial charge in [0.25, 0.3) is 0 Å². The molecule has 0 aromatic rings. The highest BCUT2D eigenvalue weighted by Crippen LogP contribution is 2.24. The van der Waals surface area contributed by atoms with E-state index >= 15 is 0 Å². The van der Waals surface area contributed by atoms with Crippen LogP contribution < -0.4 is 11.3 Å². The van der Waals surface area contributed by atoms with Gasteiger partial charge in [-0.25, -0.2) is 10.8 Å². The van der Waals surface area contributed by atoms with Crippen LogP contribution in [-0.2, 0) is 0 Å². The van der Waals surface area contributed by atoms with Gasteiger partial charge in [0, 0.05) is 19.1 Å². The Balaban J connectivity index is 1.96. The van der Waals surface area contributed by atoms with Crippen LogP contribution in [0.3, 0.4) is 0 Å². The van der Waals surface area contributed by atoms with Crippen LogP contribution in [0, 0.1) is 0 Å². The Morgan fingerprint density at radius 2 is 2.12 bits per heavy atom. The fourth-order valence-corrected chi connectivity index (χ4v) is 2.16. The van der Waals surface area contributed by atoms with Crippen molar-refractivity contribution < 1.29 is 0 Å². The van der Waals surface area contributed by atoms with Crippen molar-refractivity contribution in [3.05, 3.63) is 0 Å². The number of nitrogens with zero attached hydrogens (tertiary/aromatic N) is 3. The van der Waals surface area contributed by atoms with Gasteiger partial charge < -0.3 is 9.80 Å². The van der Waals surface area contributed by atoms with Crippen LogP contribution >= 0.6 is 0 Å². The highest BCUT2D eigenvalue weighted by atomic mass is 15.4. The van der Waals surface area contributed by atoms with E-state index in [1.807, 2.05) is 0 Å². The molecule has 1 saturated heterocycles. The molecule has 92 valence electrons. The molecule has 0 bridgehead atoms. The lowest BCUT2D eigenvalue weighted by molar-refractivity contribution is 0.181. The summed E-state index contributed by atoms with van der Waals surface area (Å²) >= 11 is 0. The normalized spacial score (nSPS) is 27.4. The second kappa shape index (κ2) is 5.01. The number of likely N-dealkylation sites (N-methyl/N-ethyl adjacent to an activating group) is 1. The number of aliphatic imine (C=N–C) groups is 1. The maximum absolute atomic E-state index is 5.57. The minimum absolute atomic E-state index is 0.519. The summed E-state index contributed by atoms with van der Waals surface area (Å²) in [7, 11) is 4.28. The number of guanidine groups is 1. The van der Waals surface area contributed by atoms with Crippen molar-refractivity contribution in [3.63, 3.8) is 0 Å². The molecule has 1 aliphatic carbocycles. The first-order valence-electron chi connectivity index (χ1n) is 6.16. The van der Waals surface area contributed by atoms with Gasteiger partial charge in [-0.05, 0) is 39.8 Å². The number of hydrogen-bond donors (Lipinski definition) is 2. The van der Waals surface area contributed by atoms with Gasteiger partial charge in [-0.15, -0.1) is 0 Å². The molecule has 0 aromatic carbocycles. The van der Waals surface area contributed by atoms with E-state index in [2.05, 4.69) is 34.3 Å². The summed E-state index contributed by atoms with van der Waals surface area (Å²) in [5.41, 5.74) is 2.76. The number of hydrazine groups is 1. The summed E-state index contributed by atoms with van der Waals surface area (Å²) in [5, 5.41) is 0. The molecule has 5 nitrogen and oxygen atoms in total. The summed E-state index contributed by atoms with van der Waals surface area (Å²) in [6, 6.07) is 1.14. The molecule has 1 atom stereocenters. The fourth-order valence-electron chi connectivity index (χ4n) is 2.16. The van der Waals surface area contributed by atoms with E-state index in [1.54, 1.807) is 0 Å². The van der Waals surface area contributed by atoms with Crippen molar-refractivity contribution in [3.8, 4) is 0 Å². The average molecular weight is 225 g/mol. The first-order chi connectivity index (χ1) is 7.70. The minimum Gasteiger partial charge on any atom is -0.340 e. The number of nitrogens with one attached hydrogen (secondary N) is 1. The monoisotopic (exact) mass is 225 g/mol. The molecule has 16 heavy (non-hydrogen) atoms. The Kier molecular flexibility index (Phi) is 3.66. The summed E-state index contributed by atoms with van der Waals surface area (Å²) < 4.78 is 0. The minimum atomic E-state index is 0.519. The lowest BCUT2D eigenvalue weighted by Crippen LogP contribution is -2.53. The van der Waals surface area contributed by atoms with E-state index in [9.17, 15) is 0 Å². The van der Waals surface area contributed by atoms with Crippen LogP contribution in [0.4, 0.5) is 0 Å². The molecule has 2 aliphatic rings. The molecule has 0 aromatic heterocycles. The molecule has 2 fully saturated rings. The summed E-state index contributed by atoms with van der Waals surface area (Å²) in [5.74, 6) is 6.45.